The number of aryl methyl sites for hydroxylation is 1. The number of nitrogens with one attached hydrogen (secondary N) is 1. The number of sulfonamides is 1. The lowest BCUT2D eigenvalue weighted by atomic mass is 9.79. The maximum atomic E-state index is 13.3. The zero-order valence-electron chi connectivity index (χ0n) is 20.8. The zero-order valence-corrected chi connectivity index (χ0v) is 21.6. The van der Waals surface area contributed by atoms with Crippen LogP contribution in [0.3, 0.4) is 0 Å². The van der Waals surface area contributed by atoms with Gasteiger partial charge in [-0.25, -0.2) is 19.4 Å². The molecule has 4 aromatic rings. The summed E-state index contributed by atoms with van der Waals surface area (Å²) in [5, 5.41) is 4.86. The summed E-state index contributed by atoms with van der Waals surface area (Å²) in [5.74, 6) is -0.820. The second-order valence-electron chi connectivity index (χ2n) is 9.25. The molecule has 11 heteroatoms. The van der Waals surface area contributed by atoms with Gasteiger partial charge in [0.1, 0.15) is 5.69 Å². The molecular formula is C26H27N5O5S. The van der Waals surface area contributed by atoms with Crippen LogP contribution in [-0.2, 0) is 20.2 Å². The Hall–Kier alpha value is -3.83. The van der Waals surface area contributed by atoms with Crippen LogP contribution in [0.25, 0.3) is 16.6 Å². The lowest BCUT2D eigenvalue weighted by Gasteiger charge is -2.33. The van der Waals surface area contributed by atoms with Crippen molar-refractivity contribution in [1.82, 2.24) is 24.5 Å². The number of amides is 1. The van der Waals surface area contributed by atoms with Crippen molar-refractivity contribution in [2.75, 3.05) is 20.3 Å². The number of rotatable bonds is 6. The van der Waals surface area contributed by atoms with E-state index in [1.54, 1.807) is 35.0 Å². The van der Waals surface area contributed by atoms with Crippen molar-refractivity contribution in [1.29, 1.82) is 0 Å². The van der Waals surface area contributed by atoms with Crippen LogP contribution >= 0.6 is 0 Å². The molecule has 1 aliphatic rings. The second kappa shape index (κ2) is 9.56. The van der Waals surface area contributed by atoms with Crippen LogP contribution in [0.5, 0.6) is 5.75 Å². The molecule has 0 bridgehead atoms. The maximum absolute atomic E-state index is 13.3. The van der Waals surface area contributed by atoms with E-state index in [9.17, 15) is 13.2 Å². The molecule has 1 aromatic carbocycles. The molecule has 0 radical (unpaired) electrons. The fourth-order valence-electron chi connectivity index (χ4n) is 4.43. The van der Waals surface area contributed by atoms with E-state index in [2.05, 4.69) is 19.8 Å². The van der Waals surface area contributed by atoms with Crippen LogP contribution in [0.15, 0.2) is 59.8 Å². The third-order valence-corrected chi connectivity index (χ3v) is 7.91. The van der Waals surface area contributed by atoms with Crippen LogP contribution in [0.2, 0.25) is 0 Å². The predicted octanol–water partition coefficient (Wildman–Crippen LogP) is 3.32. The average molecular weight is 522 g/mol. The van der Waals surface area contributed by atoms with Gasteiger partial charge in [-0.15, -0.1) is 0 Å². The lowest BCUT2D eigenvalue weighted by Crippen LogP contribution is -2.34. The molecular weight excluding hydrogens is 494 g/mol. The first-order valence-corrected chi connectivity index (χ1v) is 13.3. The number of ether oxygens (including phenoxy) is 2. The van der Waals surface area contributed by atoms with E-state index >= 15 is 0 Å². The summed E-state index contributed by atoms with van der Waals surface area (Å²) < 4.78 is 41.2. The zero-order chi connectivity index (χ0) is 26.2. The Kier molecular flexibility index (Phi) is 6.42. The van der Waals surface area contributed by atoms with Gasteiger partial charge in [-0.3, -0.25) is 4.79 Å². The second-order valence-corrected chi connectivity index (χ2v) is 10.9. The summed E-state index contributed by atoms with van der Waals surface area (Å²) >= 11 is 0. The Morgan fingerprint density at radius 1 is 1.08 bits per heavy atom. The Bertz CT molecular complexity index is 1590. The van der Waals surface area contributed by atoms with Crippen LogP contribution in [0, 0.1) is 6.92 Å². The van der Waals surface area contributed by atoms with Crippen molar-refractivity contribution in [3.05, 3.63) is 71.8 Å². The lowest BCUT2D eigenvalue weighted by molar-refractivity contribution is 0.0548. The van der Waals surface area contributed by atoms with Crippen LogP contribution in [0.1, 0.15) is 41.6 Å². The highest BCUT2D eigenvalue weighted by Gasteiger charge is 2.34. The van der Waals surface area contributed by atoms with Gasteiger partial charge in [0, 0.05) is 35.9 Å². The van der Waals surface area contributed by atoms with Gasteiger partial charge < -0.3 is 9.47 Å². The van der Waals surface area contributed by atoms with Crippen molar-refractivity contribution in [3.63, 3.8) is 0 Å². The van der Waals surface area contributed by atoms with Gasteiger partial charge >= 0.3 is 0 Å². The van der Waals surface area contributed by atoms with E-state index in [-0.39, 0.29) is 21.9 Å². The molecule has 5 rings (SSSR count). The minimum absolute atomic E-state index is 0.0450. The standard InChI is InChI=1S/C26H27N5O5S/c1-17-11-14-31(29-17)21-6-4-5-19-18(21)7-8-20(27-19)24(32)30-37(33,34)25-22(35-3)9-10-23(28-25)26(2)12-15-36-16-13-26/h4-11,14H,12-13,15-16H2,1-3H3,(H,30,32). The van der Waals surface area contributed by atoms with Gasteiger partial charge in [0.2, 0.25) is 5.03 Å². The summed E-state index contributed by atoms with van der Waals surface area (Å²) in [4.78, 5) is 21.9. The van der Waals surface area contributed by atoms with Gasteiger partial charge in [-0.05, 0) is 62.2 Å². The van der Waals surface area contributed by atoms with E-state index in [0.29, 0.717) is 37.3 Å². The van der Waals surface area contributed by atoms with Gasteiger partial charge in [-0.1, -0.05) is 13.0 Å². The molecule has 0 unspecified atom stereocenters. The molecule has 0 saturated carbocycles. The molecule has 0 atom stereocenters. The van der Waals surface area contributed by atoms with E-state index < -0.39 is 15.9 Å². The summed E-state index contributed by atoms with van der Waals surface area (Å²) in [6.07, 6.45) is 3.26. The number of pyridine rings is 2. The number of methoxy groups -OCH3 is 1. The van der Waals surface area contributed by atoms with E-state index in [0.717, 1.165) is 16.8 Å². The van der Waals surface area contributed by atoms with Crippen molar-refractivity contribution in [3.8, 4) is 11.4 Å². The normalized spacial score (nSPS) is 15.4. The number of hydrogen-bond acceptors (Lipinski definition) is 8. The van der Waals surface area contributed by atoms with Gasteiger partial charge in [0.05, 0.1) is 24.0 Å². The third kappa shape index (κ3) is 4.79. The third-order valence-electron chi connectivity index (χ3n) is 6.65. The fraction of sp³-hybridized carbons (Fsp3) is 0.308. The molecule has 4 heterocycles. The largest absolute Gasteiger partial charge is 0.494 e. The number of fused-ring (bicyclic) bond motifs is 1. The quantitative estimate of drug-likeness (QED) is 0.410. The van der Waals surface area contributed by atoms with Crippen LogP contribution in [0.4, 0.5) is 0 Å². The molecule has 3 aromatic heterocycles. The number of aromatic nitrogens is 4. The van der Waals surface area contributed by atoms with Crippen LogP contribution < -0.4 is 9.46 Å². The highest BCUT2D eigenvalue weighted by Crippen LogP contribution is 2.35. The summed E-state index contributed by atoms with van der Waals surface area (Å²) in [5.41, 5.74) is 2.41. The first-order chi connectivity index (χ1) is 17.7. The minimum Gasteiger partial charge on any atom is -0.494 e. The molecule has 1 saturated heterocycles. The number of nitrogens with zero attached hydrogens (tertiary/aromatic N) is 4. The number of hydrogen-bond donors (Lipinski definition) is 1. The molecule has 0 spiro atoms. The van der Waals surface area contributed by atoms with Crippen molar-refractivity contribution in [2.24, 2.45) is 0 Å². The maximum Gasteiger partial charge on any atom is 0.285 e. The predicted molar refractivity (Wildman–Crippen MR) is 136 cm³/mol. The van der Waals surface area contributed by atoms with Gasteiger partial charge in [0.15, 0.2) is 5.75 Å². The highest BCUT2D eigenvalue weighted by molar-refractivity contribution is 7.90. The molecule has 10 nitrogen and oxygen atoms in total. The fourth-order valence-corrected chi connectivity index (χ4v) is 5.51. The molecule has 37 heavy (non-hydrogen) atoms. The first kappa shape index (κ1) is 24.8. The Labute approximate surface area is 214 Å². The smallest absolute Gasteiger partial charge is 0.285 e. The molecule has 1 amide bonds. The molecule has 1 N–H and O–H groups in total. The first-order valence-electron chi connectivity index (χ1n) is 11.8. The van der Waals surface area contributed by atoms with Gasteiger partial charge in [0.25, 0.3) is 15.9 Å². The SMILES string of the molecule is COc1ccc(C2(C)CCOCC2)nc1S(=O)(=O)NC(=O)c1ccc2c(-n3ccc(C)n3)cccc2n1. The highest BCUT2D eigenvalue weighted by atomic mass is 32.2. The number of carbonyl (C=O) groups is 1. The Morgan fingerprint density at radius 2 is 1.86 bits per heavy atom. The van der Waals surface area contributed by atoms with E-state index in [1.807, 2.05) is 32.2 Å². The van der Waals surface area contributed by atoms with Crippen molar-refractivity contribution >= 4 is 26.8 Å². The summed E-state index contributed by atoms with van der Waals surface area (Å²) in [6.45, 7) is 5.06. The molecule has 1 fully saturated rings. The topological polar surface area (TPSA) is 125 Å². The van der Waals surface area contributed by atoms with Crippen molar-refractivity contribution < 1.29 is 22.7 Å². The van der Waals surface area contributed by atoms with Crippen LogP contribution in [-0.4, -0.2) is 54.4 Å². The summed E-state index contributed by atoms with van der Waals surface area (Å²) in [7, 11) is -3.00. The van der Waals surface area contributed by atoms with E-state index in [4.69, 9.17) is 9.47 Å². The Morgan fingerprint density at radius 3 is 2.57 bits per heavy atom. The van der Waals surface area contributed by atoms with E-state index in [1.165, 1.54) is 13.2 Å². The molecule has 0 aliphatic carbocycles. The monoisotopic (exact) mass is 521 g/mol. The Balaban J connectivity index is 1.45. The minimum atomic E-state index is -4.36. The average Bonchev–Trinajstić information content (AvgIpc) is 3.33. The van der Waals surface area contributed by atoms with Crippen molar-refractivity contribution in [2.45, 2.75) is 37.1 Å². The summed E-state index contributed by atoms with van der Waals surface area (Å²) in [6, 6.07) is 13.9. The molecule has 1 aliphatic heterocycles. The van der Waals surface area contributed by atoms with Gasteiger partial charge in [-0.2, -0.15) is 13.5 Å². The molecule has 192 valence electrons. The number of benzene rings is 1. The number of carbonyl (C=O) groups excluding carboxylic acids is 1.